The van der Waals surface area contributed by atoms with E-state index < -0.39 is 0 Å². The fraction of sp³-hybridized carbons (Fsp3) is 0.238. The summed E-state index contributed by atoms with van der Waals surface area (Å²) in [6.07, 6.45) is 3.07. The second-order valence-corrected chi connectivity index (χ2v) is 6.50. The maximum Gasteiger partial charge on any atom is 0.166 e. The summed E-state index contributed by atoms with van der Waals surface area (Å²) in [6, 6.07) is 16.1. The number of carbonyl (C=O) groups is 1. The summed E-state index contributed by atoms with van der Waals surface area (Å²) in [4.78, 5) is 12.7. The van der Waals surface area contributed by atoms with Crippen molar-refractivity contribution in [3.05, 3.63) is 77.1 Å². The predicted octanol–water partition coefficient (Wildman–Crippen LogP) is 4.10. The van der Waals surface area contributed by atoms with Gasteiger partial charge in [0.25, 0.3) is 0 Å². The lowest BCUT2D eigenvalue weighted by atomic mass is 9.81. The summed E-state index contributed by atoms with van der Waals surface area (Å²) in [5.74, 6) is 1.18. The van der Waals surface area contributed by atoms with Crippen LogP contribution >= 0.6 is 0 Å². The van der Waals surface area contributed by atoms with Gasteiger partial charge in [0.1, 0.15) is 5.75 Å². The molecule has 0 unspecified atom stereocenters. The summed E-state index contributed by atoms with van der Waals surface area (Å²) < 4.78 is 7.11. The number of Topliss-reactive ketones (excluding diaryl/α,β-unsaturated/α-hetero) is 1. The highest BCUT2D eigenvalue weighted by Crippen LogP contribution is 2.35. The van der Waals surface area contributed by atoms with Crippen LogP contribution in [0.3, 0.4) is 0 Å². The van der Waals surface area contributed by atoms with Gasteiger partial charge in [-0.25, -0.2) is 4.68 Å². The van der Waals surface area contributed by atoms with Crippen LogP contribution in [0.1, 0.15) is 39.5 Å². The molecule has 0 N–H and O–H groups in total. The number of carbonyl (C=O) groups excluding carboxylic acids is 1. The second kappa shape index (κ2) is 6.20. The van der Waals surface area contributed by atoms with Crippen molar-refractivity contribution in [3.8, 4) is 11.4 Å². The van der Waals surface area contributed by atoms with Crippen molar-refractivity contribution in [1.82, 2.24) is 9.78 Å². The minimum atomic E-state index is 0.175. The topological polar surface area (TPSA) is 44.1 Å². The van der Waals surface area contributed by atoms with E-state index in [4.69, 9.17) is 4.74 Å². The summed E-state index contributed by atoms with van der Waals surface area (Å²) in [5.41, 5.74) is 5.18. The molecule has 126 valence electrons. The minimum absolute atomic E-state index is 0.175. The zero-order valence-corrected chi connectivity index (χ0v) is 14.4. The van der Waals surface area contributed by atoms with Gasteiger partial charge < -0.3 is 4.74 Å². The molecule has 0 saturated heterocycles. The molecule has 0 bridgehead atoms. The third kappa shape index (κ3) is 2.74. The van der Waals surface area contributed by atoms with Gasteiger partial charge >= 0.3 is 0 Å². The van der Waals surface area contributed by atoms with Gasteiger partial charge in [0.15, 0.2) is 5.78 Å². The van der Waals surface area contributed by atoms with Crippen LogP contribution in [0.25, 0.3) is 5.69 Å². The molecule has 4 heteroatoms. The van der Waals surface area contributed by atoms with Crippen molar-refractivity contribution in [3.63, 3.8) is 0 Å². The monoisotopic (exact) mass is 332 g/mol. The number of rotatable bonds is 3. The number of fused-ring (bicyclic) bond motifs is 1. The molecule has 1 aliphatic rings. The molecule has 0 spiro atoms. The lowest BCUT2D eigenvalue weighted by Gasteiger charge is -2.24. The molecule has 25 heavy (non-hydrogen) atoms. The Morgan fingerprint density at radius 1 is 1.08 bits per heavy atom. The van der Waals surface area contributed by atoms with Gasteiger partial charge in [0, 0.05) is 6.42 Å². The van der Waals surface area contributed by atoms with Crippen molar-refractivity contribution < 1.29 is 9.53 Å². The first-order valence-corrected chi connectivity index (χ1v) is 8.47. The number of benzene rings is 2. The Labute approximate surface area is 147 Å². The minimum Gasteiger partial charge on any atom is -0.497 e. The molecule has 4 rings (SSSR count). The van der Waals surface area contributed by atoms with Gasteiger partial charge in [-0.05, 0) is 54.7 Å². The van der Waals surface area contributed by atoms with E-state index >= 15 is 0 Å². The van der Waals surface area contributed by atoms with Crippen molar-refractivity contribution in [1.29, 1.82) is 0 Å². The van der Waals surface area contributed by atoms with Crippen molar-refractivity contribution in [2.24, 2.45) is 0 Å². The van der Waals surface area contributed by atoms with Gasteiger partial charge in [0.2, 0.25) is 0 Å². The van der Waals surface area contributed by atoms with Crippen LogP contribution in [0, 0.1) is 6.92 Å². The first-order valence-electron chi connectivity index (χ1n) is 8.47. The van der Waals surface area contributed by atoms with Crippen LogP contribution in [0.5, 0.6) is 5.75 Å². The van der Waals surface area contributed by atoms with Crippen LogP contribution in [0.4, 0.5) is 0 Å². The Kier molecular flexibility index (Phi) is 3.88. The number of methoxy groups -OCH3 is 1. The summed E-state index contributed by atoms with van der Waals surface area (Å²) >= 11 is 0. The summed E-state index contributed by atoms with van der Waals surface area (Å²) in [5, 5.41) is 4.48. The normalized spacial score (nSPS) is 16.6. The molecule has 4 nitrogen and oxygen atoms in total. The Morgan fingerprint density at radius 3 is 2.56 bits per heavy atom. The molecule has 2 aromatic carbocycles. The Balaban J connectivity index is 1.74. The first kappa shape index (κ1) is 15.6. The molecule has 1 heterocycles. The molecule has 0 fully saturated rings. The first-order chi connectivity index (χ1) is 12.2. The molecular weight excluding hydrogens is 312 g/mol. The van der Waals surface area contributed by atoms with E-state index in [2.05, 4.69) is 24.2 Å². The quantitative estimate of drug-likeness (QED) is 0.725. The highest BCUT2D eigenvalue weighted by molar-refractivity contribution is 5.98. The third-order valence-electron chi connectivity index (χ3n) is 4.99. The number of aromatic nitrogens is 2. The van der Waals surface area contributed by atoms with Crippen LogP contribution in [0.2, 0.25) is 0 Å². The molecule has 3 aromatic rings. The average Bonchev–Trinajstić information content (AvgIpc) is 3.07. The van der Waals surface area contributed by atoms with Crippen LogP contribution < -0.4 is 4.74 Å². The largest absolute Gasteiger partial charge is 0.497 e. The molecule has 0 aliphatic heterocycles. The average molecular weight is 332 g/mol. The number of hydrogen-bond acceptors (Lipinski definition) is 3. The van der Waals surface area contributed by atoms with Gasteiger partial charge in [0.05, 0.1) is 30.3 Å². The maximum absolute atomic E-state index is 12.7. The van der Waals surface area contributed by atoms with Gasteiger partial charge in [-0.15, -0.1) is 0 Å². The van der Waals surface area contributed by atoms with Gasteiger partial charge in [-0.3, -0.25) is 4.79 Å². The zero-order chi connectivity index (χ0) is 17.4. The number of ketones is 1. The van der Waals surface area contributed by atoms with E-state index in [1.807, 2.05) is 41.1 Å². The fourth-order valence-electron chi connectivity index (χ4n) is 3.65. The van der Waals surface area contributed by atoms with Crippen LogP contribution in [-0.2, 0) is 6.42 Å². The fourth-order valence-corrected chi connectivity index (χ4v) is 3.65. The van der Waals surface area contributed by atoms with Gasteiger partial charge in [-0.2, -0.15) is 5.10 Å². The maximum atomic E-state index is 12.7. The molecule has 0 radical (unpaired) electrons. The summed E-state index contributed by atoms with van der Waals surface area (Å²) in [7, 11) is 1.65. The molecular formula is C21H20N2O2. The predicted molar refractivity (Wildman–Crippen MR) is 96.7 cm³/mol. The highest BCUT2D eigenvalue weighted by Gasteiger charge is 2.30. The number of nitrogens with zero attached hydrogens (tertiary/aromatic N) is 2. The Morgan fingerprint density at radius 2 is 1.84 bits per heavy atom. The smallest absolute Gasteiger partial charge is 0.166 e. The van der Waals surface area contributed by atoms with Crippen LogP contribution in [0.15, 0.2) is 54.7 Å². The highest BCUT2D eigenvalue weighted by atomic mass is 16.5. The zero-order valence-electron chi connectivity index (χ0n) is 14.4. The molecule has 1 aliphatic carbocycles. The van der Waals surface area contributed by atoms with Crippen LogP contribution in [-0.4, -0.2) is 22.7 Å². The van der Waals surface area contributed by atoms with E-state index in [-0.39, 0.29) is 11.7 Å². The van der Waals surface area contributed by atoms with Crippen molar-refractivity contribution >= 4 is 5.78 Å². The van der Waals surface area contributed by atoms with Gasteiger partial charge in [-0.1, -0.05) is 24.3 Å². The summed E-state index contributed by atoms with van der Waals surface area (Å²) in [6.45, 7) is 2.11. The van der Waals surface area contributed by atoms with E-state index in [9.17, 15) is 4.79 Å². The molecule has 1 atom stereocenters. The standard InChI is InChI=1S/C21H20N2O2/c1-14-5-3-4-6-18(14)15-11-20-19(21(24)12-15)13-22-23(20)16-7-9-17(25-2)10-8-16/h3-10,13,15H,11-12H2,1-2H3/t15-/m1/s1. The third-order valence-corrected chi connectivity index (χ3v) is 4.99. The SMILES string of the molecule is COc1ccc(-n2ncc3c2C[C@@H](c2ccccc2C)CC3=O)cc1. The Hall–Kier alpha value is -2.88. The molecule has 1 aromatic heterocycles. The Bertz CT molecular complexity index is 925. The number of ether oxygens (including phenoxy) is 1. The lowest BCUT2D eigenvalue weighted by molar-refractivity contribution is 0.0963. The lowest BCUT2D eigenvalue weighted by Crippen LogP contribution is -2.20. The van der Waals surface area contributed by atoms with E-state index in [1.54, 1.807) is 13.3 Å². The van der Waals surface area contributed by atoms with E-state index in [1.165, 1.54) is 11.1 Å². The van der Waals surface area contributed by atoms with E-state index in [0.29, 0.717) is 6.42 Å². The van der Waals surface area contributed by atoms with Crippen molar-refractivity contribution in [2.75, 3.05) is 7.11 Å². The molecule has 0 amide bonds. The van der Waals surface area contributed by atoms with Crippen molar-refractivity contribution in [2.45, 2.75) is 25.7 Å². The number of aryl methyl sites for hydroxylation is 1. The number of hydrogen-bond donors (Lipinski definition) is 0. The second-order valence-electron chi connectivity index (χ2n) is 6.50. The van der Waals surface area contributed by atoms with E-state index in [0.717, 1.165) is 29.1 Å². The molecule has 0 saturated carbocycles.